The van der Waals surface area contributed by atoms with Gasteiger partial charge in [0.1, 0.15) is 5.82 Å². The normalized spacial score (nSPS) is 11.1. The van der Waals surface area contributed by atoms with Crippen LogP contribution < -0.4 is 0 Å². The number of carbonyl (C=O) groups is 1. The van der Waals surface area contributed by atoms with Crippen molar-refractivity contribution < 1.29 is 42.8 Å². The van der Waals surface area contributed by atoms with E-state index in [9.17, 15) is 42.8 Å². The van der Waals surface area contributed by atoms with E-state index in [1.807, 2.05) is 0 Å². The van der Waals surface area contributed by atoms with Gasteiger partial charge in [-0.25, -0.2) is 22.4 Å². The Hall–Kier alpha value is -3.49. The molecule has 0 aromatic heterocycles. The van der Waals surface area contributed by atoms with Crippen LogP contribution in [0.2, 0.25) is 0 Å². The van der Waals surface area contributed by atoms with Gasteiger partial charge in [0.15, 0.2) is 29.0 Å². The predicted molar refractivity (Wildman–Crippen MR) is 81.2 cm³/mol. The molecular formula is C17H8F4O5. The van der Waals surface area contributed by atoms with Gasteiger partial charge < -0.3 is 20.4 Å². The van der Waals surface area contributed by atoms with Crippen molar-refractivity contribution in [2.24, 2.45) is 0 Å². The lowest BCUT2D eigenvalue weighted by atomic mass is 9.92. The molecule has 134 valence electrons. The molecule has 0 aliphatic rings. The first-order chi connectivity index (χ1) is 12.2. The van der Waals surface area contributed by atoms with Gasteiger partial charge in [0, 0.05) is 11.1 Å². The fourth-order valence-corrected chi connectivity index (χ4v) is 2.70. The van der Waals surface area contributed by atoms with E-state index >= 15 is 0 Å². The second-order valence-electron chi connectivity index (χ2n) is 5.30. The SMILES string of the molecule is O=C(O)c1cc(O)c(O)c(O)c1-c1c(F)c(F)c(F)c2c(F)cccc12. The van der Waals surface area contributed by atoms with Crippen molar-refractivity contribution in [1.29, 1.82) is 0 Å². The molecule has 0 saturated heterocycles. The summed E-state index contributed by atoms with van der Waals surface area (Å²) >= 11 is 0. The maximum Gasteiger partial charge on any atom is 0.336 e. The second-order valence-corrected chi connectivity index (χ2v) is 5.30. The second kappa shape index (κ2) is 5.80. The summed E-state index contributed by atoms with van der Waals surface area (Å²) in [5.74, 6) is -12.4. The number of phenolic OH excluding ortho intramolecular Hbond substituents is 3. The Kier molecular flexibility index (Phi) is 3.87. The number of carboxylic acids is 1. The molecule has 0 atom stereocenters. The number of aromatic carboxylic acids is 1. The van der Waals surface area contributed by atoms with Crippen LogP contribution in [-0.2, 0) is 0 Å². The summed E-state index contributed by atoms with van der Waals surface area (Å²) in [6.45, 7) is 0. The van der Waals surface area contributed by atoms with E-state index in [0.29, 0.717) is 6.07 Å². The quantitative estimate of drug-likeness (QED) is 0.313. The van der Waals surface area contributed by atoms with Crippen molar-refractivity contribution in [3.8, 4) is 28.4 Å². The minimum absolute atomic E-state index is 0.485. The van der Waals surface area contributed by atoms with Crippen molar-refractivity contribution >= 4 is 16.7 Å². The molecule has 0 bridgehead atoms. The summed E-state index contributed by atoms with van der Waals surface area (Å²) in [6, 6.07) is 3.28. The highest BCUT2D eigenvalue weighted by molar-refractivity contribution is 6.07. The first-order valence-corrected chi connectivity index (χ1v) is 6.93. The molecule has 3 aromatic carbocycles. The van der Waals surface area contributed by atoms with Crippen LogP contribution in [0.1, 0.15) is 10.4 Å². The largest absolute Gasteiger partial charge is 0.504 e. The lowest BCUT2D eigenvalue weighted by Gasteiger charge is -2.16. The Morgan fingerprint density at radius 3 is 2.12 bits per heavy atom. The van der Waals surface area contributed by atoms with Crippen molar-refractivity contribution in [3.63, 3.8) is 0 Å². The fraction of sp³-hybridized carbons (Fsp3) is 0. The number of hydrogen-bond donors (Lipinski definition) is 4. The van der Waals surface area contributed by atoms with Gasteiger partial charge in [-0.3, -0.25) is 0 Å². The number of phenols is 3. The summed E-state index contributed by atoms with van der Waals surface area (Å²) in [5, 5.41) is 36.8. The van der Waals surface area contributed by atoms with Crippen LogP contribution in [0.15, 0.2) is 24.3 Å². The van der Waals surface area contributed by atoms with Crippen LogP contribution >= 0.6 is 0 Å². The number of halogens is 4. The predicted octanol–water partition coefficient (Wildman–Crippen LogP) is 3.88. The summed E-state index contributed by atoms with van der Waals surface area (Å²) < 4.78 is 56.4. The molecule has 0 aliphatic carbocycles. The summed E-state index contributed by atoms with van der Waals surface area (Å²) in [6.07, 6.45) is 0. The van der Waals surface area contributed by atoms with E-state index in [1.54, 1.807) is 0 Å². The van der Waals surface area contributed by atoms with Gasteiger partial charge in [-0.05, 0) is 17.5 Å². The Labute approximate surface area is 142 Å². The Morgan fingerprint density at radius 1 is 0.846 bits per heavy atom. The average molecular weight is 368 g/mol. The Morgan fingerprint density at radius 2 is 1.50 bits per heavy atom. The molecule has 5 nitrogen and oxygen atoms in total. The standard InChI is InChI=1S/C17H8F4O5/c18-7-3-1-2-5-9(7)12(19)14(21)13(20)10(5)11-6(17(25)26)4-8(22)15(23)16(11)24/h1-4,22-24H,(H,25,26). The highest BCUT2D eigenvalue weighted by Crippen LogP contribution is 2.48. The van der Waals surface area contributed by atoms with Gasteiger partial charge in [0.2, 0.25) is 5.75 Å². The van der Waals surface area contributed by atoms with E-state index in [-0.39, 0.29) is 0 Å². The van der Waals surface area contributed by atoms with Crippen LogP contribution in [0, 0.1) is 23.3 Å². The van der Waals surface area contributed by atoms with E-state index in [1.165, 1.54) is 0 Å². The molecule has 0 amide bonds. The van der Waals surface area contributed by atoms with Gasteiger partial charge in [-0.15, -0.1) is 0 Å². The van der Waals surface area contributed by atoms with Gasteiger partial charge in [-0.1, -0.05) is 12.1 Å². The van der Waals surface area contributed by atoms with Crippen molar-refractivity contribution in [2.45, 2.75) is 0 Å². The van der Waals surface area contributed by atoms with Crippen LogP contribution in [0.5, 0.6) is 17.2 Å². The highest BCUT2D eigenvalue weighted by atomic mass is 19.2. The van der Waals surface area contributed by atoms with Crippen LogP contribution in [-0.4, -0.2) is 26.4 Å². The van der Waals surface area contributed by atoms with Crippen molar-refractivity contribution in [3.05, 3.63) is 53.1 Å². The molecule has 3 rings (SSSR count). The minimum atomic E-state index is -2.10. The van der Waals surface area contributed by atoms with Crippen molar-refractivity contribution in [2.75, 3.05) is 0 Å². The molecule has 4 N–H and O–H groups in total. The molecule has 0 fully saturated rings. The molecular weight excluding hydrogens is 360 g/mol. The average Bonchev–Trinajstić information content (AvgIpc) is 2.59. The van der Waals surface area contributed by atoms with Crippen molar-refractivity contribution in [1.82, 2.24) is 0 Å². The van der Waals surface area contributed by atoms with E-state index in [0.717, 1.165) is 18.2 Å². The minimum Gasteiger partial charge on any atom is -0.504 e. The third kappa shape index (κ3) is 2.28. The first kappa shape index (κ1) is 17.3. The zero-order valence-electron chi connectivity index (χ0n) is 12.5. The number of aromatic hydroxyl groups is 3. The van der Waals surface area contributed by atoms with Crippen LogP contribution in [0.25, 0.3) is 21.9 Å². The Balaban J connectivity index is 2.63. The zero-order chi connectivity index (χ0) is 19.3. The van der Waals surface area contributed by atoms with Crippen LogP contribution in [0.3, 0.4) is 0 Å². The fourth-order valence-electron chi connectivity index (χ4n) is 2.70. The van der Waals surface area contributed by atoms with Gasteiger partial charge in [-0.2, -0.15) is 0 Å². The van der Waals surface area contributed by atoms with Gasteiger partial charge in [0.05, 0.1) is 10.9 Å². The molecule has 0 spiro atoms. The Bertz CT molecular complexity index is 1090. The first-order valence-electron chi connectivity index (χ1n) is 6.93. The number of carboxylic acid groups (broad SMARTS) is 1. The highest BCUT2D eigenvalue weighted by Gasteiger charge is 2.30. The number of fused-ring (bicyclic) bond motifs is 1. The topological polar surface area (TPSA) is 98.0 Å². The number of rotatable bonds is 2. The zero-order valence-corrected chi connectivity index (χ0v) is 12.5. The van der Waals surface area contributed by atoms with Gasteiger partial charge >= 0.3 is 5.97 Å². The monoisotopic (exact) mass is 368 g/mol. The molecule has 26 heavy (non-hydrogen) atoms. The molecule has 0 heterocycles. The smallest absolute Gasteiger partial charge is 0.336 e. The molecule has 9 heteroatoms. The number of hydrogen-bond acceptors (Lipinski definition) is 4. The van der Waals surface area contributed by atoms with Crippen LogP contribution in [0.4, 0.5) is 17.6 Å². The lowest BCUT2D eigenvalue weighted by Crippen LogP contribution is -2.05. The molecule has 0 saturated carbocycles. The third-order valence-electron chi connectivity index (χ3n) is 3.84. The summed E-state index contributed by atoms with van der Waals surface area (Å²) in [5.41, 5.74) is -2.85. The molecule has 3 aromatic rings. The van der Waals surface area contributed by atoms with E-state index < -0.39 is 73.9 Å². The maximum atomic E-state index is 14.5. The van der Waals surface area contributed by atoms with E-state index in [4.69, 9.17) is 0 Å². The molecule has 0 unspecified atom stereocenters. The maximum absolute atomic E-state index is 14.5. The van der Waals surface area contributed by atoms with Gasteiger partial charge in [0.25, 0.3) is 0 Å². The lowest BCUT2D eigenvalue weighted by molar-refractivity contribution is 0.0696. The van der Waals surface area contributed by atoms with E-state index in [2.05, 4.69) is 0 Å². The summed E-state index contributed by atoms with van der Waals surface area (Å²) in [7, 11) is 0. The third-order valence-corrected chi connectivity index (χ3v) is 3.84. The molecule has 0 radical (unpaired) electrons. The molecule has 0 aliphatic heterocycles. The number of benzene rings is 3. The summed E-state index contributed by atoms with van der Waals surface area (Å²) in [4.78, 5) is 11.4.